The maximum Gasteiger partial charge on any atom is 0.287 e. The van der Waals surface area contributed by atoms with Gasteiger partial charge >= 0.3 is 0 Å². The highest BCUT2D eigenvalue weighted by atomic mass is 79.9. The Morgan fingerprint density at radius 1 is 1.69 bits per heavy atom. The summed E-state index contributed by atoms with van der Waals surface area (Å²) in [5.74, 6) is 0.105. The first-order chi connectivity index (χ1) is 6.25. The van der Waals surface area contributed by atoms with Gasteiger partial charge in [0.15, 0.2) is 10.4 Å². The van der Waals surface area contributed by atoms with E-state index in [9.17, 15) is 4.79 Å². The Kier molecular flexibility index (Phi) is 2.37. The van der Waals surface area contributed by atoms with Gasteiger partial charge in [-0.15, -0.1) is 0 Å². The third kappa shape index (κ3) is 2.32. The van der Waals surface area contributed by atoms with Crippen LogP contribution in [0.5, 0.6) is 0 Å². The fraction of sp³-hybridized carbons (Fsp3) is 0.375. The monoisotopic (exact) mass is 245 g/mol. The molecular formula is C8H8BrNO3. The second-order valence-electron chi connectivity index (χ2n) is 2.77. The molecule has 0 saturated carbocycles. The highest BCUT2D eigenvalue weighted by molar-refractivity contribution is 9.10. The lowest BCUT2D eigenvalue weighted by atomic mass is 10.4. The summed E-state index contributed by atoms with van der Waals surface area (Å²) in [6.45, 7) is 1.29. The maximum atomic E-state index is 11.3. The van der Waals surface area contributed by atoms with Gasteiger partial charge < -0.3 is 14.5 Å². The van der Waals surface area contributed by atoms with Crippen molar-refractivity contribution in [2.45, 2.75) is 6.10 Å². The Balaban J connectivity index is 1.88. The van der Waals surface area contributed by atoms with Crippen molar-refractivity contribution < 1.29 is 13.9 Å². The average molecular weight is 246 g/mol. The number of carbonyl (C=O) groups is 1. The molecule has 1 saturated heterocycles. The number of halogens is 1. The molecule has 4 nitrogen and oxygen atoms in total. The van der Waals surface area contributed by atoms with E-state index in [1.807, 2.05) is 0 Å². The van der Waals surface area contributed by atoms with E-state index in [0.717, 1.165) is 6.61 Å². The number of amides is 1. The smallest absolute Gasteiger partial charge is 0.287 e. The van der Waals surface area contributed by atoms with Crippen molar-refractivity contribution in [3.05, 3.63) is 22.6 Å². The van der Waals surface area contributed by atoms with E-state index in [1.54, 1.807) is 12.1 Å². The molecule has 1 aliphatic rings. The number of hydrogen-bond donors (Lipinski definition) is 1. The Hall–Kier alpha value is -0.810. The second kappa shape index (κ2) is 3.51. The van der Waals surface area contributed by atoms with Gasteiger partial charge in [-0.3, -0.25) is 4.79 Å². The average Bonchev–Trinajstić information content (AvgIpc) is 2.84. The summed E-state index contributed by atoms with van der Waals surface area (Å²) >= 11 is 3.12. The van der Waals surface area contributed by atoms with Crippen molar-refractivity contribution in [2.24, 2.45) is 0 Å². The van der Waals surface area contributed by atoms with Crippen molar-refractivity contribution in [1.29, 1.82) is 0 Å². The first-order valence-corrected chi connectivity index (χ1v) is 4.70. The lowest BCUT2D eigenvalue weighted by Crippen LogP contribution is -2.26. The van der Waals surface area contributed by atoms with Gasteiger partial charge in [-0.1, -0.05) is 0 Å². The van der Waals surface area contributed by atoms with E-state index < -0.39 is 0 Å². The van der Waals surface area contributed by atoms with Crippen LogP contribution in [0.1, 0.15) is 10.6 Å². The largest absolute Gasteiger partial charge is 0.444 e. The summed E-state index contributed by atoms with van der Waals surface area (Å²) in [6.07, 6.45) is 0.197. The minimum Gasteiger partial charge on any atom is -0.444 e. The van der Waals surface area contributed by atoms with Crippen LogP contribution in [0.2, 0.25) is 0 Å². The molecule has 0 unspecified atom stereocenters. The zero-order chi connectivity index (χ0) is 9.26. The summed E-state index contributed by atoms with van der Waals surface area (Å²) in [7, 11) is 0. The van der Waals surface area contributed by atoms with E-state index in [0.29, 0.717) is 17.0 Å². The number of carbonyl (C=O) groups excluding carboxylic acids is 1. The number of ether oxygens (including phenoxy) is 1. The molecule has 13 heavy (non-hydrogen) atoms. The topological polar surface area (TPSA) is 54.8 Å². The summed E-state index contributed by atoms with van der Waals surface area (Å²) in [5, 5.41) is 2.70. The summed E-state index contributed by atoms with van der Waals surface area (Å²) < 4.78 is 10.6. The Bertz CT molecular complexity index is 319. The van der Waals surface area contributed by atoms with Crippen LogP contribution in [-0.4, -0.2) is 25.2 Å². The summed E-state index contributed by atoms with van der Waals surface area (Å²) in [4.78, 5) is 11.3. The van der Waals surface area contributed by atoms with Gasteiger partial charge in [0.25, 0.3) is 5.91 Å². The molecule has 0 aliphatic carbocycles. The van der Waals surface area contributed by atoms with Crippen molar-refractivity contribution >= 4 is 21.8 Å². The van der Waals surface area contributed by atoms with Gasteiger partial charge in [-0.05, 0) is 28.1 Å². The van der Waals surface area contributed by atoms with Crippen LogP contribution in [0, 0.1) is 0 Å². The molecule has 1 amide bonds. The van der Waals surface area contributed by atoms with E-state index in [-0.39, 0.29) is 12.0 Å². The van der Waals surface area contributed by atoms with E-state index in [1.165, 1.54) is 0 Å². The normalized spacial score (nSPS) is 19.9. The van der Waals surface area contributed by atoms with Crippen LogP contribution in [0.4, 0.5) is 0 Å². The van der Waals surface area contributed by atoms with Crippen molar-refractivity contribution in [2.75, 3.05) is 13.2 Å². The Morgan fingerprint density at radius 2 is 2.46 bits per heavy atom. The van der Waals surface area contributed by atoms with E-state index >= 15 is 0 Å². The van der Waals surface area contributed by atoms with Crippen LogP contribution >= 0.6 is 15.9 Å². The predicted molar refractivity (Wildman–Crippen MR) is 48.5 cm³/mol. The fourth-order valence-corrected chi connectivity index (χ4v) is 1.22. The molecule has 1 atom stereocenters. The minimum absolute atomic E-state index is 0.197. The standard InChI is InChI=1S/C8H8BrNO3/c9-7-2-1-6(13-7)8(11)10-3-5-4-12-5/h1-2,5H,3-4H2,(H,10,11)/t5-/m0/s1. The van der Waals surface area contributed by atoms with Crippen LogP contribution in [-0.2, 0) is 4.74 Å². The minimum atomic E-state index is -0.207. The molecule has 1 N–H and O–H groups in total. The quantitative estimate of drug-likeness (QED) is 0.814. The molecule has 1 aromatic heterocycles. The van der Waals surface area contributed by atoms with Gasteiger partial charge in [0.2, 0.25) is 0 Å². The highest BCUT2D eigenvalue weighted by Crippen LogP contribution is 2.14. The molecule has 0 bridgehead atoms. The molecule has 1 fully saturated rings. The van der Waals surface area contributed by atoms with Crippen LogP contribution in [0.3, 0.4) is 0 Å². The number of nitrogens with one attached hydrogen (secondary N) is 1. The van der Waals surface area contributed by atoms with Crippen molar-refractivity contribution in [3.63, 3.8) is 0 Å². The molecule has 0 aromatic carbocycles. The predicted octanol–water partition coefficient (Wildman–Crippen LogP) is 1.17. The first-order valence-electron chi connectivity index (χ1n) is 3.91. The van der Waals surface area contributed by atoms with Gasteiger partial charge in [0.05, 0.1) is 12.7 Å². The zero-order valence-electron chi connectivity index (χ0n) is 6.75. The highest BCUT2D eigenvalue weighted by Gasteiger charge is 2.23. The molecule has 2 heterocycles. The van der Waals surface area contributed by atoms with Gasteiger partial charge in [0.1, 0.15) is 0 Å². The fourth-order valence-electron chi connectivity index (χ4n) is 0.916. The summed E-state index contributed by atoms with van der Waals surface area (Å²) in [6, 6.07) is 3.30. The molecule has 70 valence electrons. The third-order valence-electron chi connectivity index (χ3n) is 1.69. The van der Waals surface area contributed by atoms with Crippen LogP contribution in [0.15, 0.2) is 21.2 Å². The lowest BCUT2D eigenvalue weighted by molar-refractivity contribution is 0.0921. The number of epoxide rings is 1. The maximum absolute atomic E-state index is 11.3. The van der Waals surface area contributed by atoms with Gasteiger partial charge in [0, 0.05) is 6.54 Å². The van der Waals surface area contributed by atoms with E-state index in [4.69, 9.17) is 9.15 Å². The van der Waals surface area contributed by atoms with Gasteiger partial charge in [-0.2, -0.15) is 0 Å². The summed E-state index contributed by atoms with van der Waals surface area (Å²) in [5.41, 5.74) is 0. The third-order valence-corrected chi connectivity index (χ3v) is 2.12. The molecule has 2 rings (SSSR count). The number of furan rings is 1. The van der Waals surface area contributed by atoms with E-state index in [2.05, 4.69) is 21.2 Å². The van der Waals surface area contributed by atoms with Crippen LogP contribution in [0.25, 0.3) is 0 Å². The lowest BCUT2D eigenvalue weighted by Gasteiger charge is -1.98. The Morgan fingerprint density at radius 3 is 3.00 bits per heavy atom. The molecule has 5 heteroatoms. The number of hydrogen-bond acceptors (Lipinski definition) is 3. The molecule has 1 aliphatic heterocycles. The molecule has 0 radical (unpaired) electrons. The molecular weight excluding hydrogens is 238 g/mol. The second-order valence-corrected chi connectivity index (χ2v) is 3.55. The number of rotatable bonds is 3. The van der Waals surface area contributed by atoms with Gasteiger partial charge in [-0.25, -0.2) is 0 Å². The van der Waals surface area contributed by atoms with Crippen molar-refractivity contribution in [1.82, 2.24) is 5.32 Å². The molecule has 0 spiro atoms. The van der Waals surface area contributed by atoms with Crippen LogP contribution < -0.4 is 5.32 Å². The zero-order valence-corrected chi connectivity index (χ0v) is 8.33. The first kappa shape index (κ1) is 8.77. The molecule has 1 aromatic rings. The Labute approximate surface area is 83.4 Å². The van der Waals surface area contributed by atoms with Crippen molar-refractivity contribution in [3.8, 4) is 0 Å². The SMILES string of the molecule is O=C(NC[C@H]1CO1)c1ccc(Br)o1.